The Balaban J connectivity index is 1.78. The molecule has 1 fully saturated rings. The molecular formula is C26H26F3NO5. The third-order valence-corrected chi connectivity index (χ3v) is 6.20. The van der Waals surface area contributed by atoms with E-state index in [4.69, 9.17) is 14.6 Å². The topological polar surface area (TPSA) is 76.1 Å². The van der Waals surface area contributed by atoms with Crippen molar-refractivity contribution in [2.24, 2.45) is 5.41 Å². The molecule has 9 heteroatoms. The lowest BCUT2D eigenvalue weighted by molar-refractivity contribution is -0.138. The van der Waals surface area contributed by atoms with E-state index in [0.717, 1.165) is 18.6 Å². The van der Waals surface area contributed by atoms with Gasteiger partial charge in [-0.25, -0.2) is 0 Å². The van der Waals surface area contributed by atoms with Gasteiger partial charge in [-0.2, -0.15) is 13.2 Å². The van der Waals surface area contributed by atoms with Gasteiger partial charge in [-0.3, -0.25) is 9.59 Å². The van der Waals surface area contributed by atoms with Crippen LogP contribution < -0.4 is 9.47 Å². The van der Waals surface area contributed by atoms with Crippen LogP contribution in [-0.4, -0.2) is 48.2 Å². The lowest BCUT2D eigenvalue weighted by atomic mass is 9.89. The number of halogens is 3. The highest BCUT2D eigenvalue weighted by Gasteiger charge is 2.36. The van der Waals surface area contributed by atoms with E-state index in [0.29, 0.717) is 46.9 Å². The van der Waals surface area contributed by atoms with Gasteiger partial charge < -0.3 is 19.5 Å². The number of carboxylic acid groups (broad SMARTS) is 1. The number of amides is 1. The molecule has 0 atom stereocenters. The number of carboxylic acids is 1. The fourth-order valence-corrected chi connectivity index (χ4v) is 4.36. The van der Waals surface area contributed by atoms with Crippen molar-refractivity contribution < 1.29 is 37.3 Å². The molecule has 1 saturated heterocycles. The van der Waals surface area contributed by atoms with Crippen molar-refractivity contribution in [3.05, 3.63) is 64.7 Å². The summed E-state index contributed by atoms with van der Waals surface area (Å²) in [7, 11) is 0. The molecule has 0 bridgehead atoms. The molecule has 1 N–H and O–H groups in total. The van der Waals surface area contributed by atoms with Gasteiger partial charge in [0.1, 0.15) is 18.1 Å². The number of ether oxygens (including phenoxy) is 2. The Bertz CT molecular complexity index is 1170. The summed E-state index contributed by atoms with van der Waals surface area (Å²) >= 11 is 0. The Labute approximate surface area is 200 Å². The number of carbonyl (C=O) groups is 2. The maximum atomic E-state index is 13.6. The molecular weight excluding hydrogens is 463 g/mol. The SMILES string of the molecule is CC1(C)CCN(C(=O)C2=C(c3ccc(C(F)(F)F)cc3)c3cc(OCCC(=O)O)ccc3OC2)C1. The van der Waals surface area contributed by atoms with Gasteiger partial charge in [0.05, 0.1) is 24.2 Å². The first-order valence-corrected chi connectivity index (χ1v) is 11.3. The summed E-state index contributed by atoms with van der Waals surface area (Å²) in [5.74, 6) is -0.385. The van der Waals surface area contributed by atoms with Crippen LogP contribution in [0.4, 0.5) is 13.2 Å². The number of alkyl halides is 3. The lowest BCUT2D eigenvalue weighted by Gasteiger charge is -2.28. The third-order valence-electron chi connectivity index (χ3n) is 6.20. The maximum Gasteiger partial charge on any atom is 0.416 e. The molecule has 1 amide bonds. The van der Waals surface area contributed by atoms with Crippen LogP contribution in [0, 0.1) is 5.41 Å². The van der Waals surface area contributed by atoms with E-state index in [1.54, 1.807) is 23.1 Å². The average Bonchev–Trinajstić information content (AvgIpc) is 3.16. The number of carbonyl (C=O) groups excluding carboxylic acids is 1. The quantitative estimate of drug-likeness (QED) is 0.617. The Hall–Kier alpha value is -3.49. The summed E-state index contributed by atoms with van der Waals surface area (Å²) in [5.41, 5.74) is 0.992. The van der Waals surface area contributed by atoms with Crippen LogP contribution in [0.25, 0.3) is 5.57 Å². The third kappa shape index (κ3) is 5.44. The van der Waals surface area contributed by atoms with E-state index in [2.05, 4.69) is 13.8 Å². The molecule has 186 valence electrons. The second-order valence-corrected chi connectivity index (χ2v) is 9.51. The zero-order valence-electron chi connectivity index (χ0n) is 19.4. The summed E-state index contributed by atoms with van der Waals surface area (Å²) in [6, 6.07) is 9.59. The summed E-state index contributed by atoms with van der Waals surface area (Å²) < 4.78 is 50.9. The summed E-state index contributed by atoms with van der Waals surface area (Å²) in [6.07, 6.45) is -3.82. The number of fused-ring (bicyclic) bond motifs is 1. The van der Waals surface area contributed by atoms with Gasteiger partial charge in [0.25, 0.3) is 5.91 Å². The second kappa shape index (κ2) is 9.28. The van der Waals surface area contributed by atoms with Crippen molar-refractivity contribution in [3.63, 3.8) is 0 Å². The van der Waals surface area contributed by atoms with Crippen LogP contribution in [-0.2, 0) is 15.8 Å². The smallest absolute Gasteiger partial charge is 0.416 e. The first-order chi connectivity index (χ1) is 16.4. The number of likely N-dealkylation sites (tertiary alicyclic amines) is 1. The van der Waals surface area contributed by atoms with Gasteiger partial charge in [-0.15, -0.1) is 0 Å². The highest BCUT2D eigenvalue weighted by Crippen LogP contribution is 2.41. The molecule has 2 aromatic rings. The van der Waals surface area contributed by atoms with Crippen LogP contribution in [0.5, 0.6) is 11.5 Å². The fraction of sp³-hybridized carbons (Fsp3) is 0.385. The minimum Gasteiger partial charge on any atom is -0.493 e. The fourth-order valence-electron chi connectivity index (χ4n) is 4.36. The predicted octanol–water partition coefficient (Wildman–Crippen LogP) is 5.01. The lowest BCUT2D eigenvalue weighted by Crippen LogP contribution is -2.34. The minimum atomic E-state index is -4.48. The first kappa shape index (κ1) is 24.6. The maximum absolute atomic E-state index is 13.6. The van der Waals surface area contributed by atoms with E-state index in [1.807, 2.05) is 0 Å². The second-order valence-electron chi connectivity index (χ2n) is 9.51. The van der Waals surface area contributed by atoms with Crippen molar-refractivity contribution in [2.75, 3.05) is 26.3 Å². The molecule has 2 aromatic carbocycles. The van der Waals surface area contributed by atoms with E-state index in [9.17, 15) is 22.8 Å². The Kier molecular flexibility index (Phi) is 6.53. The van der Waals surface area contributed by atoms with Gasteiger partial charge in [-0.05, 0) is 47.7 Å². The van der Waals surface area contributed by atoms with E-state index < -0.39 is 17.7 Å². The number of rotatable bonds is 6. The number of hydrogen-bond acceptors (Lipinski definition) is 4. The first-order valence-electron chi connectivity index (χ1n) is 11.3. The molecule has 2 aliphatic heterocycles. The Morgan fingerprint density at radius 2 is 1.86 bits per heavy atom. The van der Waals surface area contributed by atoms with Crippen molar-refractivity contribution in [3.8, 4) is 11.5 Å². The van der Waals surface area contributed by atoms with E-state index in [-0.39, 0.29) is 31.0 Å². The Morgan fingerprint density at radius 3 is 2.46 bits per heavy atom. The molecule has 2 heterocycles. The van der Waals surface area contributed by atoms with Gasteiger partial charge >= 0.3 is 12.1 Å². The number of benzene rings is 2. The van der Waals surface area contributed by atoms with E-state index >= 15 is 0 Å². The molecule has 4 rings (SSSR count). The summed E-state index contributed by atoms with van der Waals surface area (Å²) in [5, 5.41) is 8.86. The van der Waals surface area contributed by atoms with Crippen LogP contribution in [0.15, 0.2) is 48.0 Å². The van der Waals surface area contributed by atoms with Crippen molar-refractivity contribution >= 4 is 17.4 Å². The normalized spacial score (nSPS) is 17.1. The van der Waals surface area contributed by atoms with Crippen LogP contribution in [0.2, 0.25) is 0 Å². The molecule has 0 radical (unpaired) electrons. The summed E-state index contributed by atoms with van der Waals surface area (Å²) in [4.78, 5) is 26.1. The van der Waals surface area contributed by atoms with Gasteiger partial charge in [0, 0.05) is 24.2 Å². The van der Waals surface area contributed by atoms with E-state index in [1.165, 1.54) is 12.1 Å². The van der Waals surface area contributed by atoms with Crippen LogP contribution in [0.1, 0.15) is 43.4 Å². The molecule has 35 heavy (non-hydrogen) atoms. The zero-order chi connectivity index (χ0) is 25.4. The van der Waals surface area contributed by atoms with Crippen molar-refractivity contribution in [2.45, 2.75) is 32.9 Å². The average molecular weight is 489 g/mol. The molecule has 0 spiro atoms. The number of hydrogen-bond donors (Lipinski definition) is 1. The molecule has 0 saturated carbocycles. The largest absolute Gasteiger partial charge is 0.493 e. The molecule has 0 aromatic heterocycles. The standard InChI is InChI=1S/C26H26F3NO5/c1-25(2)10-11-30(15-25)24(33)20-14-35-21-8-7-18(34-12-9-22(31)32)13-19(21)23(20)16-3-5-17(6-4-16)26(27,28)29/h3-8,13H,9-12,14-15H2,1-2H3,(H,31,32). The molecule has 2 aliphatic rings. The minimum absolute atomic E-state index is 0.0155. The number of nitrogens with zero attached hydrogens (tertiary/aromatic N) is 1. The van der Waals surface area contributed by atoms with Crippen LogP contribution >= 0.6 is 0 Å². The zero-order valence-corrected chi connectivity index (χ0v) is 19.4. The van der Waals surface area contributed by atoms with Crippen molar-refractivity contribution in [1.29, 1.82) is 0 Å². The predicted molar refractivity (Wildman–Crippen MR) is 122 cm³/mol. The summed E-state index contributed by atoms with van der Waals surface area (Å²) in [6.45, 7) is 5.25. The highest BCUT2D eigenvalue weighted by molar-refractivity contribution is 6.06. The molecule has 0 aliphatic carbocycles. The van der Waals surface area contributed by atoms with Gasteiger partial charge in [-0.1, -0.05) is 26.0 Å². The monoisotopic (exact) mass is 489 g/mol. The van der Waals surface area contributed by atoms with Crippen molar-refractivity contribution in [1.82, 2.24) is 4.90 Å². The number of aliphatic carboxylic acids is 1. The van der Waals surface area contributed by atoms with Crippen LogP contribution in [0.3, 0.4) is 0 Å². The highest BCUT2D eigenvalue weighted by atomic mass is 19.4. The van der Waals surface area contributed by atoms with Gasteiger partial charge in [0.15, 0.2) is 0 Å². The molecule has 6 nitrogen and oxygen atoms in total. The Morgan fingerprint density at radius 1 is 1.14 bits per heavy atom. The molecule has 0 unspecified atom stereocenters. The van der Waals surface area contributed by atoms with Gasteiger partial charge in [0.2, 0.25) is 0 Å².